The molecule has 1 aromatic heterocycles. The highest BCUT2D eigenvalue weighted by atomic mass is 16.5. The predicted octanol–water partition coefficient (Wildman–Crippen LogP) is 2.25. The SMILES string of the molecule is CCOc1cc(N2CCC(C(=O)NC(C)C(C)C)CC2)ncn1. The van der Waals surface area contributed by atoms with Gasteiger partial charge >= 0.3 is 0 Å². The number of nitrogens with zero attached hydrogens (tertiary/aromatic N) is 3. The Hall–Kier alpha value is -1.85. The zero-order chi connectivity index (χ0) is 16.8. The van der Waals surface area contributed by atoms with Crippen LogP contribution in [0.2, 0.25) is 0 Å². The first kappa shape index (κ1) is 17.5. The average Bonchev–Trinajstić information content (AvgIpc) is 2.55. The van der Waals surface area contributed by atoms with Gasteiger partial charge in [-0.15, -0.1) is 0 Å². The van der Waals surface area contributed by atoms with E-state index in [2.05, 4.69) is 41.0 Å². The lowest BCUT2D eigenvalue weighted by Crippen LogP contribution is -2.44. The van der Waals surface area contributed by atoms with Gasteiger partial charge in [0.25, 0.3) is 0 Å². The van der Waals surface area contributed by atoms with Crippen LogP contribution in [-0.2, 0) is 4.79 Å². The molecule has 1 aliphatic rings. The van der Waals surface area contributed by atoms with E-state index in [1.54, 1.807) is 0 Å². The molecule has 0 radical (unpaired) electrons. The van der Waals surface area contributed by atoms with E-state index in [9.17, 15) is 4.79 Å². The molecule has 6 nitrogen and oxygen atoms in total. The van der Waals surface area contributed by atoms with E-state index in [1.165, 1.54) is 6.33 Å². The summed E-state index contributed by atoms with van der Waals surface area (Å²) in [4.78, 5) is 22.9. The smallest absolute Gasteiger partial charge is 0.223 e. The number of carbonyl (C=O) groups is 1. The molecule has 1 unspecified atom stereocenters. The summed E-state index contributed by atoms with van der Waals surface area (Å²) in [5.74, 6) is 2.21. The normalized spacial score (nSPS) is 17.2. The van der Waals surface area contributed by atoms with Gasteiger partial charge in [-0.1, -0.05) is 13.8 Å². The quantitative estimate of drug-likeness (QED) is 0.871. The summed E-state index contributed by atoms with van der Waals surface area (Å²) < 4.78 is 5.42. The molecular formula is C17H28N4O2. The van der Waals surface area contributed by atoms with E-state index in [4.69, 9.17) is 4.74 Å². The van der Waals surface area contributed by atoms with Crippen LogP contribution < -0.4 is 15.0 Å². The fourth-order valence-electron chi connectivity index (χ4n) is 2.61. The molecule has 1 N–H and O–H groups in total. The largest absolute Gasteiger partial charge is 0.478 e. The number of aromatic nitrogens is 2. The molecule has 1 aliphatic heterocycles. The third kappa shape index (κ3) is 4.81. The first-order valence-electron chi connectivity index (χ1n) is 8.51. The first-order valence-corrected chi connectivity index (χ1v) is 8.51. The van der Waals surface area contributed by atoms with Crippen molar-refractivity contribution < 1.29 is 9.53 Å². The van der Waals surface area contributed by atoms with Gasteiger partial charge in [-0.2, -0.15) is 0 Å². The van der Waals surface area contributed by atoms with Gasteiger partial charge in [0.05, 0.1) is 6.61 Å². The molecule has 1 amide bonds. The molecule has 2 heterocycles. The standard InChI is InChI=1S/C17H28N4O2/c1-5-23-16-10-15(18-11-19-16)21-8-6-14(7-9-21)17(22)20-13(4)12(2)3/h10-14H,5-9H2,1-4H3,(H,20,22). The summed E-state index contributed by atoms with van der Waals surface area (Å²) >= 11 is 0. The third-order valence-corrected chi connectivity index (χ3v) is 4.48. The summed E-state index contributed by atoms with van der Waals surface area (Å²) in [5.41, 5.74) is 0. The molecule has 6 heteroatoms. The molecule has 1 fully saturated rings. The highest BCUT2D eigenvalue weighted by Gasteiger charge is 2.27. The van der Waals surface area contributed by atoms with Crippen molar-refractivity contribution in [2.24, 2.45) is 11.8 Å². The van der Waals surface area contributed by atoms with Gasteiger partial charge in [-0.05, 0) is 32.6 Å². The van der Waals surface area contributed by atoms with E-state index in [0.29, 0.717) is 18.4 Å². The minimum atomic E-state index is 0.0978. The summed E-state index contributed by atoms with van der Waals surface area (Å²) in [7, 11) is 0. The molecule has 2 rings (SSSR count). The Balaban J connectivity index is 1.88. The van der Waals surface area contributed by atoms with Crippen molar-refractivity contribution in [3.05, 3.63) is 12.4 Å². The fraction of sp³-hybridized carbons (Fsp3) is 0.706. The van der Waals surface area contributed by atoms with Crippen molar-refractivity contribution in [3.8, 4) is 5.88 Å². The van der Waals surface area contributed by atoms with E-state index < -0.39 is 0 Å². The maximum atomic E-state index is 12.3. The lowest BCUT2D eigenvalue weighted by Gasteiger charge is -2.33. The number of nitrogens with one attached hydrogen (secondary N) is 1. The van der Waals surface area contributed by atoms with Crippen LogP contribution in [0.3, 0.4) is 0 Å². The number of hydrogen-bond acceptors (Lipinski definition) is 5. The Morgan fingerprint density at radius 2 is 2.04 bits per heavy atom. The molecule has 0 bridgehead atoms. The van der Waals surface area contributed by atoms with Gasteiger partial charge in [-0.25, -0.2) is 9.97 Å². The highest BCUT2D eigenvalue weighted by Crippen LogP contribution is 2.23. The molecule has 0 aromatic carbocycles. The van der Waals surface area contributed by atoms with Gasteiger partial charge in [0.2, 0.25) is 11.8 Å². The van der Waals surface area contributed by atoms with Crippen molar-refractivity contribution in [3.63, 3.8) is 0 Å². The Morgan fingerprint density at radius 3 is 2.65 bits per heavy atom. The monoisotopic (exact) mass is 320 g/mol. The highest BCUT2D eigenvalue weighted by molar-refractivity contribution is 5.79. The molecule has 1 aromatic rings. The number of amides is 1. The predicted molar refractivity (Wildman–Crippen MR) is 90.6 cm³/mol. The molecule has 23 heavy (non-hydrogen) atoms. The van der Waals surface area contributed by atoms with Crippen LogP contribution in [0.5, 0.6) is 5.88 Å². The Morgan fingerprint density at radius 1 is 1.35 bits per heavy atom. The van der Waals surface area contributed by atoms with Crippen molar-refractivity contribution in [2.75, 3.05) is 24.6 Å². The Kier molecular flexibility index (Phi) is 6.19. The zero-order valence-corrected chi connectivity index (χ0v) is 14.6. The van der Waals surface area contributed by atoms with Crippen molar-refractivity contribution in [1.82, 2.24) is 15.3 Å². The molecule has 1 atom stereocenters. The zero-order valence-electron chi connectivity index (χ0n) is 14.6. The van der Waals surface area contributed by atoms with Crippen molar-refractivity contribution in [1.29, 1.82) is 0 Å². The lowest BCUT2D eigenvalue weighted by atomic mass is 9.95. The summed E-state index contributed by atoms with van der Waals surface area (Å²) in [6.45, 7) is 10.5. The summed E-state index contributed by atoms with van der Waals surface area (Å²) in [6.07, 6.45) is 3.23. The lowest BCUT2D eigenvalue weighted by molar-refractivity contribution is -0.126. The summed E-state index contributed by atoms with van der Waals surface area (Å²) in [6, 6.07) is 2.08. The maximum absolute atomic E-state index is 12.3. The van der Waals surface area contributed by atoms with Crippen molar-refractivity contribution in [2.45, 2.75) is 46.6 Å². The van der Waals surface area contributed by atoms with Gasteiger partial charge in [0, 0.05) is 31.1 Å². The van der Waals surface area contributed by atoms with Gasteiger partial charge in [0.1, 0.15) is 12.1 Å². The van der Waals surface area contributed by atoms with E-state index in [0.717, 1.165) is 31.7 Å². The van der Waals surface area contributed by atoms with Gasteiger partial charge < -0.3 is 15.0 Å². The third-order valence-electron chi connectivity index (χ3n) is 4.48. The van der Waals surface area contributed by atoms with Crippen LogP contribution >= 0.6 is 0 Å². The maximum Gasteiger partial charge on any atom is 0.223 e. The van der Waals surface area contributed by atoms with E-state index >= 15 is 0 Å². The second-order valence-corrected chi connectivity index (χ2v) is 6.45. The number of carbonyl (C=O) groups excluding carboxylic acids is 1. The topological polar surface area (TPSA) is 67.3 Å². The van der Waals surface area contributed by atoms with Crippen LogP contribution in [0, 0.1) is 11.8 Å². The molecule has 0 saturated carbocycles. The fourth-order valence-corrected chi connectivity index (χ4v) is 2.61. The second-order valence-electron chi connectivity index (χ2n) is 6.45. The minimum Gasteiger partial charge on any atom is -0.478 e. The number of anilines is 1. The number of piperidine rings is 1. The van der Waals surface area contributed by atoms with Crippen LogP contribution in [0.15, 0.2) is 12.4 Å². The minimum absolute atomic E-state index is 0.0978. The molecule has 0 spiro atoms. The van der Waals surface area contributed by atoms with E-state index in [1.807, 2.05) is 13.0 Å². The molecular weight excluding hydrogens is 292 g/mol. The molecule has 0 aliphatic carbocycles. The summed E-state index contributed by atoms with van der Waals surface area (Å²) in [5, 5.41) is 3.13. The van der Waals surface area contributed by atoms with E-state index in [-0.39, 0.29) is 17.9 Å². The molecule has 128 valence electrons. The number of ether oxygens (including phenoxy) is 1. The van der Waals surface area contributed by atoms with Crippen molar-refractivity contribution >= 4 is 11.7 Å². The van der Waals surface area contributed by atoms with Crippen LogP contribution in [0.1, 0.15) is 40.5 Å². The number of hydrogen-bond donors (Lipinski definition) is 1. The van der Waals surface area contributed by atoms with Crippen LogP contribution in [0.25, 0.3) is 0 Å². The van der Waals surface area contributed by atoms with Crippen LogP contribution in [0.4, 0.5) is 5.82 Å². The van der Waals surface area contributed by atoms with Gasteiger partial charge in [0.15, 0.2) is 0 Å². The average molecular weight is 320 g/mol. The Labute approximate surface area is 138 Å². The second kappa shape index (κ2) is 8.13. The van der Waals surface area contributed by atoms with Crippen LogP contribution in [-0.4, -0.2) is 41.6 Å². The molecule has 1 saturated heterocycles. The first-order chi connectivity index (χ1) is 11.0. The number of rotatable bonds is 6. The van der Waals surface area contributed by atoms with Gasteiger partial charge in [-0.3, -0.25) is 4.79 Å². The Bertz CT molecular complexity index is 513.